The first-order valence-electron chi connectivity index (χ1n) is 10.8. The number of ether oxygens (including phenoxy) is 2. The summed E-state index contributed by atoms with van der Waals surface area (Å²) in [6.07, 6.45) is 3.28. The highest BCUT2D eigenvalue weighted by molar-refractivity contribution is 7.07. The van der Waals surface area contributed by atoms with Gasteiger partial charge >= 0.3 is 5.97 Å². The predicted molar refractivity (Wildman–Crippen MR) is 131 cm³/mol. The van der Waals surface area contributed by atoms with Gasteiger partial charge in [0.25, 0.3) is 5.56 Å². The Labute approximate surface area is 200 Å². The van der Waals surface area contributed by atoms with Crippen molar-refractivity contribution in [1.29, 1.82) is 0 Å². The van der Waals surface area contributed by atoms with Gasteiger partial charge in [-0.05, 0) is 43.7 Å². The summed E-state index contributed by atoms with van der Waals surface area (Å²) in [4.78, 5) is 31.5. The van der Waals surface area contributed by atoms with Crippen molar-refractivity contribution in [3.05, 3.63) is 103 Å². The van der Waals surface area contributed by atoms with Gasteiger partial charge in [-0.25, -0.2) is 9.79 Å². The molecule has 3 aromatic rings. The molecule has 2 heterocycles. The van der Waals surface area contributed by atoms with Crippen LogP contribution in [0, 0.1) is 0 Å². The molecule has 1 aliphatic heterocycles. The Hall–Kier alpha value is -3.91. The van der Waals surface area contributed by atoms with Crippen LogP contribution in [0.25, 0.3) is 6.08 Å². The van der Waals surface area contributed by atoms with Crippen LogP contribution in [0.3, 0.4) is 0 Å². The molecule has 7 nitrogen and oxygen atoms in total. The van der Waals surface area contributed by atoms with E-state index in [1.807, 2.05) is 12.1 Å². The number of rotatable bonds is 7. The molecule has 0 saturated carbocycles. The van der Waals surface area contributed by atoms with E-state index in [-0.39, 0.29) is 17.9 Å². The van der Waals surface area contributed by atoms with Crippen LogP contribution in [0.15, 0.2) is 82.2 Å². The highest BCUT2D eigenvalue weighted by Crippen LogP contribution is 2.31. The zero-order valence-electron chi connectivity index (χ0n) is 18.9. The lowest BCUT2D eigenvalue weighted by Gasteiger charge is -2.24. The fourth-order valence-corrected chi connectivity index (χ4v) is 4.80. The molecule has 0 unspecified atom stereocenters. The van der Waals surface area contributed by atoms with E-state index in [1.165, 1.54) is 15.9 Å². The summed E-state index contributed by atoms with van der Waals surface area (Å²) < 4.78 is 12.8. The van der Waals surface area contributed by atoms with Crippen molar-refractivity contribution in [1.82, 2.24) is 4.57 Å². The molecule has 4 rings (SSSR count). The molecule has 0 amide bonds. The van der Waals surface area contributed by atoms with Gasteiger partial charge in [0.1, 0.15) is 18.1 Å². The van der Waals surface area contributed by atoms with Crippen molar-refractivity contribution in [2.24, 2.45) is 4.99 Å². The number of phenolic OH excluding ortho intramolecular Hbond substituents is 1. The number of esters is 1. The van der Waals surface area contributed by atoms with E-state index in [0.717, 1.165) is 5.56 Å². The van der Waals surface area contributed by atoms with Crippen LogP contribution in [0.1, 0.15) is 31.0 Å². The van der Waals surface area contributed by atoms with Crippen LogP contribution in [0.4, 0.5) is 0 Å². The minimum Gasteiger partial charge on any atom is -0.507 e. The lowest BCUT2D eigenvalue weighted by Crippen LogP contribution is -2.39. The normalized spacial score (nSPS) is 15.5. The van der Waals surface area contributed by atoms with Gasteiger partial charge in [-0.1, -0.05) is 54.3 Å². The number of aromatic nitrogens is 1. The van der Waals surface area contributed by atoms with E-state index in [1.54, 1.807) is 62.4 Å². The molecule has 2 aromatic carbocycles. The van der Waals surface area contributed by atoms with Crippen LogP contribution < -0.4 is 19.6 Å². The lowest BCUT2D eigenvalue weighted by atomic mass is 9.96. The number of fused-ring (bicyclic) bond motifs is 1. The maximum atomic E-state index is 13.5. The Morgan fingerprint density at radius 3 is 2.65 bits per heavy atom. The SMILES string of the molecule is C=CCOc1ccc([C@@H]2C(C(=O)OCC)=C(C)N=c3s/c(=C/c4ccccc4O)c(=O)n32)cc1. The Bertz CT molecular complexity index is 1450. The molecule has 1 aromatic heterocycles. The molecule has 0 radical (unpaired) electrons. The number of phenols is 1. The Kier molecular flexibility index (Phi) is 6.79. The number of thiazole rings is 1. The number of hydrogen-bond donors (Lipinski definition) is 1. The number of carbonyl (C=O) groups excluding carboxylic acids is 1. The van der Waals surface area contributed by atoms with E-state index in [4.69, 9.17) is 9.47 Å². The van der Waals surface area contributed by atoms with Crippen LogP contribution in [0.5, 0.6) is 11.5 Å². The number of para-hydroxylation sites is 1. The number of carbonyl (C=O) groups is 1. The van der Waals surface area contributed by atoms with E-state index < -0.39 is 12.0 Å². The fraction of sp³-hybridized carbons (Fsp3) is 0.192. The minimum absolute atomic E-state index is 0.0726. The third-order valence-electron chi connectivity index (χ3n) is 5.30. The molecule has 34 heavy (non-hydrogen) atoms. The Morgan fingerprint density at radius 1 is 1.24 bits per heavy atom. The first-order chi connectivity index (χ1) is 16.4. The van der Waals surface area contributed by atoms with E-state index >= 15 is 0 Å². The van der Waals surface area contributed by atoms with Gasteiger partial charge < -0.3 is 14.6 Å². The zero-order chi connectivity index (χ0) is 24.2. The summed E-state index contributed by atoms with van der Waals surface area (Å²) in [5, 5.41) is 10.2. The van der Waals surface area contributed by atoms with Crippen molar-refractivity contribution in [3.63, 3.8) is 0 Å². The average molecular weight is 477 g/mol. The first kappa shape index (κ1) is 23.3. The van der Waals surface area contributed by atoms with Crippen molar-refractivity contribution >= 4 is 23.4 Å². The van der Waals surface area contributed by atoms with Gasteiger partial charge in [-0.15, -0.1) is 0 Å². The molecular weight excluding hydrogens is 452 g/mol. The molecule has 0 bridgehead atoms. The van der Waals surface area contributed by atoms with Crippen molar-refractivity contribution in [3.8, 4) is 11.5 Å². The molecular formula is C26H24N2O5S. The molecule has 0 spiro atoms. The average Bonchev–Trinajstić information content (AvgIpc) is 3.13. The van der Waals surface area contributed by atoms with E-state index in [9.17, 15) is 14.7 Å². The van der Waals surface area contributed by atoms with Gasteiger partial charge in [-0.2, -0.15) is 0 Å². The minimum atomic E-state index is -0.713. The molecule has 0 saturated heterocycles. The molecule has 0 fully saturated rings. The van der Waals surface area contributed by atoms with Crippen molar-refractivity contribution in [2.75, 3.05) is 13.2 Å². The number of allylic oxidation sites excluding steroid dienone is 1. The molecule has 0 aliphatic carbocycles. The third-order valence-corrected chi connectivity index (χ3v) is 6.29. The monoisotopic (exact) mass is 476 g/mol. The summed E-state index contributed by atoms with van der Waals surface area (Å²) in [5.41, 5.74) is 1.74. The van der Waals surface area contributed by atoms with Gasteiger partial charge in [0.05, 0.1) is 28.5 Å². The lowest BCUT2D eigenvalue weighted by molar-refractivity contribution is -0.139. The smallest absolute Gasteiger partial charge is 0.338 e. The van der Waals surface area contributed by atoms with Gasteiger partial charge in [0.2, 0.25) is 0 Å². The second-order valence-corrected chi connectivity index (χ2v) is 8.54. The fourth-order valence-electron chi connectivity index (χ4n) is 3.76. The summed E-state index contributed by atoms with van der Waals surface area (Å²) in [6, 6.07) is 13.3. The third kappa shape index (κ3) is 4.45. The molecule has 8 heteroatoms. The van der Waals surface area contributed by atoms with E-state index in [2.05, 4.69) is 11.6 Å². The quantitative estimate of drug-likeness (QED) is 0.418. The molecule has 1 atom stereocenters. The Morgan fingerprint density at radius 2 is 1.97 bits per heavy atom. The largest absolute Gasteiger partial charge is 0.507 e. The zero-order valence-corrected chi connectivity index (χ0v) is 19.7. The molecule has 1 N–H and O–H groups in total. The molecule has 1 aliphatic rings. The topological polar surface area (TPSA) is 90.1 Å². The number of hydrogen-bond acceptors (Lipinski definition) is 7. The summed E-state index contributed by atoms with van der Waals surface area (Å²) in [6.45, 7) is 7.69. The maximum absolute atomic E-state index is 13.5. The van der Waals surface area contributed by atoms with Gasteiger partial charge in [0, 0.05) is 5.56 Å². The standard InChI is InChI=1S/C26H24N2O5S/c1-4-14-33-19-12-10-17(11-13-19)23-22(25(31)32-5-2)16(3)27-26-28(23)24(30)21(34-26)15-18-8-6-7-9-20(18)29/h4,6-13,15,23,29H,1,5,14H2,2-3H3/b21-15+/t23-/m1/s1. The van der Waals surface area contributed by atoms with Crippen LogP contribution in [-0.2, 0) is 9.53 Å². The summed E-state index contributed by atoms with van der Waals surface area (Å²) >= 11 is 1.20. The van der Waals surface area contributed by atoms with Crippen molar-refractivity contribution < 1.29 is 19.4 Å². The first-order valence-corrected chi connectivity index (χ1v) is 11.6. The Balaban J connectivity index is 1.90. The summed E-state index contributed by atoms with van der Waals surface area (Å²) in [5.74, 6) is 0.202. The summed E-state index contributed by atoms with van der Waals surface area (Å²) in [7, 11) is 0. The van der Waals surface area contributed by atoms with Gasteiger partial charge in [-0.3, -0.25) is 9.36 Å². The predicted octanol–water partition coefficient (Wildman–Crippen LogP) is 3.07. The highest BCUT2D eigenvalue weighted by Gasteiger charge is 2.33. The van der Waals surface area contributed by atoms with Gasteiger partial charge in [0.15, 0.2) is 4.80 Å². The van der Waals surface area contributed by atoms with Crippen LogP contribution >= 0.6 is 11.3 Å². The number of nitrogens with zero attached hydrogens (tertiary/aromatic N) is 2. The van der Waals surface area contributed by atoms with Crippen LogP contribution in [0.2, 0.25) is 0 Å². The van der Waals surface area contributed by atoms with Crippen molar-refractivity contribution in [2.45, 2.75) is 19.9 Å². The number of aromatic hydroxyl groups is 1. The molecule has 174 valence electrons. The van der Waals surface area contributed by atoms with Crippen LogP contribution in [-0.4, -0.2) is 28.9 Å². The second-order valence-electron chi connectivity index (χ2n) is 7.53. The number of benzene rings is 2. The van der Waals surface area contributed by atoms with E-state index in [0.29, 0.717) is 38.5 Å². The maximum Gasteiger partial charge on any atom is 0.338 e. The highest BCUT2D eigenvalue weighted by atomic mass is 32.1. The second kappa shape index (κ2) is 9.93.